The van der Waals surface area contributed by atoms with Crippen LogP contribution in [0.3, 0.4) is 0 Å². The number of amides is 2. The lowest BCUT2D eigenvalue weighted by Gasteiger charge is -2.31. The van der Waals surface area contributed by atoms with E-state index in [0.29, 0.717) is 65.4 Å². The molecule has 2 amide bonds. The van der Waals surface area contributed by atoms with E-state index in [-0.39, 0.29) is 36.1 Å². The first-order chi connectivity index (χ1) is 32.2. The summed E-state index contributed by atoms with van der Waals surface area (Å²) < 4.78 is 17.3. The van der Waals surface area contributed by atoms with E-state index in [1.165, 1.54) is 0 Å². The van der Waals surface area contributed by atoms with E-state index >= 15 is 0 Å². The molecule has 3 unspecified atom stereocenters. The predicted molar refractivity (Wildman–Crippen MR) is 254 cm³/mol. The summed E-state index contributed by atoms with van der Waals surface area (Å²) in [6, 6.07) is 20.2. The Hall–Kier alpha value is -6.74. The molecular formula is C46H46N14O4S2. The van der Waals surface area contributed by atoms with Crippen molar-refractivity contribution in [1.82, 2.24) is 49.5 Å². The molecule has 18 nitrogen and oxygen atoms in total. The van der Waals surface area contributed by atoms with Crippen LogP contribution in [0.1, 0.15) is 72.0 Å². The number of hydrogen-bond acceptors (Lipinski definition) is 16. The second-order valence-corrected chi connectivity index (χ2v) is 19.1. The predicted octanol–water partition coefficient (Wildman–Crippen LogP) is 7.31. The summed E-state index contributed by atoms with van der Waals surface area (Å²) in [6.07, 6.45) is 6.58. The number of nitrogens with zero attached hydrogens (tertiary/aromatic N) is 12. The first kappa shape index (κ1) is 41.9. The Balaban J connectivity index is 0.805. The van der Waals surface area contributed by atoms with Crippen molar-refractivity contribution in [2.24, 2.45) is 0 Å². The summed E-state index contributed by atoms with van der Waals surface area (Å²) in [5.74, 6) is 1.32. The van der Waals surface area contributed by atoms with Crippen LogP contribution in [-0.4, -0.2) is 113 Å². The smallest absolute Gasteiger partial charge is 0.256 e. The number of carbonyl (C=O) groups is 2. The summed E-state index contributed by atoms with van der Waals surface area (Å²) in [5.41, 5.74) is 4.76. The number of hydrogen-bond donors (Lipinski definition) is 2. The number of pyridine rings is 2. The van der Waals surface area contributed by atoms with E-state index in [1.807, 2.05) is 51.6 Å². The van der Waals surface area contributed by atoms with E-state index in [1.54, 1.807) is 59.6 Å². The third-order valence-corrected chi connectivity index (χ3v) is 14.4. The molecule has 3 saturated heterocycles. The van der Waals surface area contributed by atoms with Crippen LogP contribution in [0.15, 0.2) is 79.4 Å². The van der Waals surface area contributed by atoms with Gasteiger partial charge in [-0.3, -0.25) is 9.59 Å². The van der Waals surface area contributed by atoms with Gasteiger partial charge in [0.25, 0.3) is 11.8 Å². The van der Waals surface area contributed by atoms with Gasteiger partial charge < -0.3 is 39.0 Å². The Morgan fingerprint density at radius 1 is 0.712 bits per heavy atom. The molecule has 0 radical (unpaired) electrons. The molecule has 20 heteroatoms. The summed E-state index contributed by atoms with van der Waals surface area (Å²) in [5, 5.41) is 25.3. The Kier molecular flexibility index (Phi) is 11.2. The van der Waals surface area contributed by atoms with E-state index in [2.05, 4.69) is 61.6 Å². The van der Waals surface area contributed by atoms with Gasteiger partial charge in [-0.25, -0.2) is 19.9 Å². The van der Waals surface area contributed by atoms with Crippen LogP contribution in [0, 0.1) is 0 Å². The lowest BCUT2D eigenvalue weighted by Crippen LogP contribution is -2.42. The third-order valence-electron chi connectivity index (χ3n) is 12.2. The number of morpholine rings is 2. The highest BCUT2D eigenvalue weighted by Gasteiger charge is 2.35. The number of rotatable bonds is 12. The fourth-order valence-electron chi connectivity index (χ4n) is 8.78. The maximum absolute atomic E-state index is 13.7. The van der Waals surface area contributed by atoms with Crippen LogP contribution in [0.25, 0.3) is 43.5 Å². The van der Waals surface area contributed by atoms with E-state index in [4.69, 9.17) is 29.4 Å². The van der Waals surface area contributed by atoms with Crippen molar-refractivity contribution in [2.45, 2.75) is 64.3 Å². The van der Waals surface area contributed by atoms with E-state index in [0.717, 1.165) is 75.3 Å². The van der Waals surface area contributed by atoms with Gasteiger partial charge in [-0.15, -0.1) is 20.4 Å². The molecule has 3 aliphatic heterocycles. The molecule has 3 atom stereocenters. The zero-order chi connectivity index (χ0) is 44.9. The molecule has 2 bridgehead atoms. The van der Waals surface area contributed by atoms with Crippen LogP contribution >= 0.6 is 22.7 Å². The average molecular weight is 923 g/mol. The lowest BCUT2D eigenvalue weighted by atomic mass is 10.0. The van der Waals surface area contributed by atoms with Gasteiger partial charge in [0.1, 0.15) is 35.7 Å². The normalized spacial score (nSPS) is 17.8. The number of benzene rings is 2. The number of ether oxygens (including phenoxy) is 2. The molecule has 2 N–H and O–H groups in total. The van der Waals surface area contributed by atoms with Gasteiger partial charge in [0.05, 0.1) is 45.9 Å². The van der Waals surface area contributed by atoms with Gasteiger partial charge in [-0.2, -0.15) is 0 Å². The van der Waals surface area contributed by atoms with E-state index in [9.17, 15) is 9.59 Å². The first-order valence-corrected chi connectivity index (χ1v) is 23.8. The molecule has 3 fully saturated rings. The Morgan fingerprint density at radius 2 is 1.33 bits per heavy atom. The summed E-state index contributed by atoms with van der Waals surface area (Å²) in [4.78, 5) is 51.3. The SMILES string of the molecule is CC(C)n1cnnc1-c1nc(NC(=O)c2ccc3nc(N4CCOCC4)sc3c2)ccc1CC(C)n1cnnc1-c1cccc(NC(=O)c2ccc3nc(N4CC5CCC(C4)O5)sc3c2)n1. The molecule has 9 heterocycles. The molecule has 66 heavy (non-hydrogen) atoms. The van der Waals surface area contributed by atoms with Crippen molar-refractivity contribution in [3.63, 3.8) is 0 Å². The third kappa shape index (κ3) is 8.36. The van der Waals surface area contributed by atoms with Gasteiger partial charge in [0, 0.05) is 49.4 Å². The molecule has 2 aromatic carbocycles. The van der Waals surface area contributed by atoms with Gasteiger partial charge in [-0.05, 0) is 100 Å². The molecule has 336 valence electrons. The quantitative estimate of drug-likeness (QED) is 0.124. The topological polar surface area (TPSA) is 196 Å². The Bertz CT molecular complexity index is 3090. The van der Waals surface area contributed by atoms with Gasteiger partial charge in [-0.1, -0.05) is 34.8 Å². The van der Waals surface area contributed by atoms with E-state index < -0.39 is 0 Å². The highest BCUT2D eigenvalue weighted by molar-refractivity contribution is 7.22. The molecule has 3 aliphatic rings. The van der Waals surface area contributed by atoms with Crippen molar-refractivity contribution >= 4 is 76.8 Å². The molecule has 11 rings (SSSR count). The number of thiazole rings is 2. The Morgan fingerprint density at radius 3 is 2.00 bits per heavy atom. The number of aromatic nitrogens is 10. The summed E-state index contributed by atoms with van der Waals surface area (Å²) >= 11 is 3.17. The largest absolute Gasteiger partial charge is 0.378 e. The number of anilines is 4. The van der Waals surface area contributed by atoms with Gasteiger partial charge in [0.15, 0.2) is 21.9 Å². The fraction of sp³-hybridized carbons (Fsp3) is 0.348. The van der Waals surface area contributed by atoms with Crippen molar-refractivity contribution in [3.05, 3.63) is 96.1 Å². The van der Waals surface area contributed by atoms with Crippen molar-refractivity contribution in [1.29, 1.82) is 0 Å². The summed E-state index contributed by atoms with van der Waals surface area (Å²) in [6.45, 7) is 10.8. The highest BCUT2D eigenvalue weighted by atomic mass is 32.1. The minimum Gasteiger partial charge on any atom is -0.378 e. The van der Waals surface area contributed by atoms with Gasteiger partial charge in [0.2, 0.25) is 0 Å². The lowest BCUT2D eigenvalue weighted by molar-refractivity contribution is 0.0305. The van der Waals surface area contributed by atoms with Crippen LogP contribution < -0.4 is 20.4 Å². The second-order valence-electron chi connectivity index (χ2n) is 17.1. The molecule has 0 aliphatic carbocycles. The molecule has 0 spiro atoms. The van der Waals surface area contributed by atoms with Crippen molar-refractivity contribution in [3.8, 4) is 23.0 Å². The molecule has 6 aromatic heterocycles. The highest BCUT2D eigenvalue weighted by Crippen LogP contribution is 2.36. The fourth-order valence-corrected chi connectivity index (χ4v) is 10.9. The van der Waals surface area contributed by atoms with Crippen LogP contribution in [0.2, 0.25) is 0 Å². The Labute approximate surface area is 387 Å². The second kappa shape index (κ2) is 17.6. The zero-order valence-electron chi connectivity index (χ0n) is 36.5. The maximum atomic E-state index is 13.7. The zero-order valence-corrected chi connectivity index (χ0v) is 38.1. The standard InChI is InChI=1S/C46H46N14O4S2/c1-26(2)59-24-47-56-42(59)40-28(9-14-39(52-40)54-44(62)30-7-12-33-36(20-30)65-45(50-33)57-15-17-63-18-16-57)19-27(3)60-25-48-55-41(60)35-5-4-6-38(49-35)53-43(61)29-8-13-34-37(21-29)66-46(51-34)58-22-31-10-11-32(23-58)64-31/h4-9,12-14,20-21,24-27,31-32H,10-11,15-19,22-23H2,1-3H3,(H,49,53,61)(H,52,54,62). The van der Waals surface area contributed by atoms with Crippen molar-refractivity contribution < 1.29 is 19.1 Å². The minimum absolute atomic E-state index is 0.0518. The van der Waals surface area contributed by atoms with Crippen LogP contribution in [-0.2, 0) is 15.9 Å². The van der Waals surface area contributed by atoms with Crippen LogP contribution in [0.5, 0.6) is 0 Å². The maximum Gasteiger partial charge on any atom is 0.256 e. The monoisotopic (exact) mass is 922 g/mol. The number of carbonyl (C=O) groups excluding carboxylic acids is 2. The molecule has 0 saturated carbocycles. The number of fused-ring (bicyclic) bond motifs is 4. The van der Waals surface area contributed by atoms with Crippen LogP contribution in [0.4, 0.5) is 21.9 Å². The summed E-state index contributed by atoms with van der Waals surface area (Å²) in [7, 11) is 0. The molecular weight excluding hydrogens is 877 g/mol. The number of nitrogens with one attached hydrogen (secondary N) is 2. The molecule has 8 aromatic rings. The van der Waals surface area contributed by atoms with Crippen molar-refractivity contribution in [2.75, 3.05) is 59.8 Å². The minimum atomic E-state index is -0.284. The average Bonchev–Trinajstić information content (AvgIpc) is 4.20. The first-order valence-electron chi connectivity index (χ1n) is 22.1. The van der Waals surface area contributed by atoms with Gasteiger partial charge >= 0.3 is 0 Å².